The quantitative estimate of drug-likeness (QED) is 0.603. The zero-order valence-corrected chi connectivity index (χ0v) is 11.5. The van der Waals surface area contributed by atoms with Gasteiger partial charge in [0.2, 0.25) is 5.91 Å². The minimum atomic E-state index is -0.875. The number of hydrogen-bond donors (Lipinski definition) is 3. The van der Waals surface area contributed by atoms with Crippen LogP contribution in [0, 0.1) is 5.92 Å². The molecule has 1 aliphatic rings. The molecule has 0 bridgehead atoms. The van der Waals surface area contributed by atoms with Gasteiger partial charge in [0, 0.05) is 32.6 Å². The Labute approximate surface area is 118 Å². The van der Waals surface area contributed by atoms with Crippen molar-refractivity contribution in [3.63, 3.8) is 0 Å². The van der Waals surface area contributed by atoms with Crippen LogP contribution in [0.1, 0.15) is 38.5 Å². The fourth-order valence-corrected chi connectivity index (χ4v) is 1.98. The van der Waals surface area contributed by atoms with Gasteiger partial charge in [-0.15, -0.1) is 0 Å². The number of unbranched alkanes of at least 4 members (excludes halogenated alkanes) is 1. The van der Waals surface area contributed by atoms with Crippen molar-refractivity contribution in [2.45, 2.75) is 38.5 Å². The monoisotopic (exact) mass is 286 g/mol. The van der Waals surface area contributed by atoms with E-state index < -0.39 is 12.0 Å². The molecule has 0 saturated carbocycles. The van der Waals surface area contributed by atoms with E-state index in [4.69, 9.17) is 9.84 Å². The first kappa shape index (κ1) is 16.4. The summed E-state index contributed by atoms with van der Waals surface area (Å²) in [5.74, 6) is -0.848. The summed E-state index contributed by atoms with van der Waals surface area (Å²) in [6.45, 7) is 1.98. The Morgan fingerprint density at radius 3 is 2.40 bits per heavy atom. The largest absolute Gasteiger partial charge is 0.481 e. The first-order chi connectivity index (χ1) is 9.58. The summed E-state index contributed by atoms with van der Waals surface area (Å²) in [6, 6.07) is -0.486. The average molecular weight is 286 g/mol. The topological polar surface area (TPSA) is 105 Å². The molecule has 0 aromatic heterocycles. The third-order valence-electron chi connectivity index (χ3n) is 3.19. The van der Waals surface area contributed by atoms with Gasteiger partial charge in [-0.2, -0.15) is 0 Å². The molecule has 0 aromatic carbocycles. The van der Waals surface area contributed by atoms with Gasteiger partial charge >= 0.3 is 12.0 Å². The molecule has 1 rings (SSSR count). The Bertz CT molecular complexity index is 340. The number of aliphatic carboxylic acids is 1. The molecule has 1 saturated heterocycles. The van der Waals surface area contributed by atoms with Crippen molar-refractivity contribution in [2.24, 2.45) is 5.92 Å². The fourth-order valence-electron chi connectivity index (χ4n) is 1.98. The third-order valence-corrected chi connectivity index (χ3v) is 3.19. The van der Waals surface area contributed by atoms with Crippen LogP contribution in [0.4, 0.5) is 4.79 Å². The van der Waals surface area contributed by atoms with E-state index in [0.29, 0.717) is 25.3 Å². The number of urea groups is 1. The van der Waals surface area contributed by atoms with Gasteiger partial charge in [0.25, 0.3) is 0 Å². The van der Waals surface area contributed by atoms with E-state index in [0.717, 1.165) is 26.1 Å². The van der Waals surface area contributed by atoms with E-state index in [2.05, 4.69) is 10.6 Å². The molecule has 0 aliphatic carbocycles. The smallest absolute Gasteiger partial charge is 0.321 e. The number of imide groups is 1. The molecule has 7 nitrogen and oxygen atoms in total. The summed E-state index contributed by atoms with van der Waals surface area (Å²) in [5.41, 5.74) is 0. The van der Waals surface area contributed by atoms with Crippen LogP contribution in [0.15, 0.2) is 0 Å². The highest BCUT2D eigenvalue weighted by Gasteiger charge is 2.15. The average Bonchev–Trinajstić information content (AvgIpc) is 2.42. The van der Waals surface area contributed by atoms with E-state index >= 15 is 0 Å². The van der Waals surface area contributed by atoms with Crippen LogP contribution in [0.5, 0.6) is 0 Å². The fraction of sp³-hybridized carbons (Fsp3) is 0.769. The maximum absolute atomic E-state index is 11.5. The summed E-state index contributed by atoms with van der Waals surface area (Å²) in [5, 5.41) is 13.4. The molecule has 114 valence electrons. The first-order valence-electron chi connectivity index (χ1n) is 6.95. The zero-order valence-electron chi connectivity index (χ0n) is 11.5. The molecule has 3 N–H and O–H groups in total. The highest BCUT2D eigenvalue weighted by atomic mass is 16.5. The third kappa shape index (κ3) is 7.73. The number of nitrogens with one attached hydrogen (secondary N) is 2. The Balaban J connectivity index is 2.05. The molecule has 7 heteroatoms. The Kier molecular flexibility index (Phi) is 7.64. The van der Waals surface area contributed by atoms with Crippen LogP contribution in [0.3, 0.4) is 0 Å². The van der Waals surface area contributed by atoms with Crippen molar-refractivity contribution in [3.05, 3.63) is 0 Å². The SMILES string of the molecule is O=C(O)CCCCC(=O)NC(=O)NCC1CCOCC1. The van der Waals surface area contributed by atoms with Crippen LogP contribution in [0.25, 0.3) is 0 Å². The van der Waals surface area contributed by atoms with Crippen molar-refractivity contribution in [3.8, 4) is 0 Å². The lowest BCUT2D eigenvalue weighted by molar-refractivity contribution is -0.137. The zero-order chi connectivity index (χ0) is 14.8. The Morgan fingerprint density at radius 1 is 1.10 bits per heavy atom. The number of rotatable bonds is 7. The number of amides is 3. The van der Waals surface area contributed by atoms with Crippen LogP contribution in [-0.2, 0) is 14.3 Å². The molecule has 1 aliphatic heterocycles. The lowest BCUT2D eigenvalue weighted by Crippen LogP contribution is -2.42. The second-order valence-electron chi connectivity index (χ2n) is 4.91. The lowest BCUT2D eigenvalue weighted by Gasteiger charge is -2.22. The molecule has 1 fully saturated rings. The predicted octanol–water partition coefficient (Wildman–Crippen LogP) is 0.884. The normalized spacial score (nSPS) is 15.6. The summed E-state index contributed by atoms with van der Waals surface area (Å²) < 4.78 is 5.22. The highest BCUT2D eigenvalue weighted by Crippen LogP contribution is 2.12. The predicted molar refractivity (Wildman–Crippen MR) is 71.2 cm³/mol. The number of carboxylic acids is 1. The molecule has 3 amide bonds. The molecule has 0 aromatic rings. The highest BCUT2D eigenvalue weighted by molar-refractivity contribution is 5.94. The van der Waals surface area contributed by atoms with Crippen molar-refractivity contribution < 1.29 is 24.2 Å². The number of carbonyl (C=O) groups is 3. The van der Waals surface area contributed by atoms with E-state index in [9.17, 15) is 14.4 Å². The Hall–Kier alpha value is -1.63. The molecule has 20 heavy (non-hydrogen) atoms. The van der Waals surface area contributed by atoms with Crippen LogP contribution >= 0.6 is 0 Å². The van der Waals surface area contributed by atoms with Crippen LogP contribution in [-0.4, -0.2) is 42.8 Å². The van der Waals surface area contributed by atoms with Gasteiger partial charge in [0.15, 0.2) is 0 Å². The van der Waals surface area contributed by atoms with E-state index in [1.165, 1.54) is 0 Å². The lowest BCUT2D eigenvalue weighted by atomic mass is 10.0. The number of carboxylic acid groups (broad SMARTS) is 1. The number of ether oxygens (including phenoxy) is 1. The van der Waals surface area contributed by atoms with E-state index in [1.807, 2.05) is 0 Å². The molecular weight excluding hydrogens is 264 g/mol. The molecule has 0 radical (unpaired) electrons. The van der Waals surface area contributed by atoms with Gasteiger partial charge < -0.3 is 15.2 Å². The van der Waals surface area contributed by atoms with Gasteiger partial charge in [-0.3, -0.25) is 14.9 Å². The van der Waals surface area contributed by atoms with Crippen LogP contribution < -0.4 is 10.6 Å². The summed E-state index contributed by atoms with van der Waals surface area (Å²) in [7, 11) is 0. The molecule has 1 heterocycles. The second kappa shape index (κ2) is 9.30. The van der Waals surface area contributed by atoms with Gasteiger partial charge in [-0.05, 0) is 31.6 Å². The second-order valence-corrected chi connectivity index (χ2v) is 4.91. The summed E-state index contributed by atoms with van der Waals surface area (Å²) >= 11 is 0. The maximum Gasteiger partial charge on any atom is 0.321 e. The molecule has 0 unspecified atom stereocenters. The Morgan fingerprint density at radius 2 is 1.75 bits per heavy atom. The van der Waals surface area contributed by atoms with Gasteiger partial charge in [-0.1, -0.05) is 0 Å². The van der Waals surface area contributed by atoms with Gasteiger partial charge in [-0.25, -0.2) is 4.79 Å². The molecule has 0 atom stereocenters. The van der Waals surface area contributed by atoms with Crippen molar-refractivity contribution >= 4 is 17.9 Å². The maximum atomic E-state index is 11.5. The summed E-state index contributed by atoms with van der Waals surface area (Å²) in [6.07, 6.45) is 2.95. The van der Waals surface area contributed by atoms with Crippen molar-refractivity contribution in [2.75, 3.05) is 19.8 Å². The molecular formula is C13H22N2O5. The van der Waals surface area contributed by atoms with Gasteiger partial charge in [0.05, 0.1) is 0 Å². The van der Waals surface area contributed by atoms with E-state index in [1.54, 1.807) is 0 Å². The first-order valence-corrected chi connectivity index (χ1v) is 6.95. The number of carbonyl (C=O) groups excluding carboxylic acids is 2. The minimum absolute atomic E-state index is 0.0449. The minimum Gasteiger partial charge on any atom is -0.481 e. The number of hydrogen-bond acceptors (Lipinski definition) is 4. The van der Waals surface area contributed by atoms with Crippen molar-refractivity contribution in [1.29, 1.82) is 0 Å². The standard InChI is InChI=1S/C13H22N2O5/c16-11(3-1-2-4-12(17)18)15-13(19)14-9-10-5-7-20-8-6-10/h10H,1-9H2,(H,17,18)(H2,14,15,16,19). The van der Waals surface area contributed by atoms with E-state index in [-0.39, 0.29) is 18.7 Å². The van der Waals surface area contributed by atoms with Gasteiger partial charge in [0.1, 0.15) is 0 Å². The summed E-state index contributed by atoms with van der Waals surface area (Å²) in [4.78, 5) is 33.2. The molecule has 0 spiro atoms. The van der Waals surface area contributed by atoms with Crippen molar-refractivity contribution in [1.82, 2.24) is 10.6 Å². The van der Waals surface area contributed by atoms with Crippen LogP contribution in [0.2, 0.25) is 0 Å².